The van der Waals surface area contributed by atoms with E-state index in [0.717, 1.165) is 24.3 Å². The molecule has 1 aliphatic heterocycles. The summed E-state index contributed by atoms with van der Waals surface area (Å²) in [6.45, 7) is 1.87. The van der Waals surface area contributed by atoms with Gasteiger partial charge in [0.05, 0.1) is 12.2 Å². The molecule has 1 aliphatic rings. The van der Waals surface area contributed by atoms with Crippen LogP contribution in [0.3, 0.4) is 0 Å². The average molecular weight is 245 g/mol. The summed E-state index contributed by atoms with van der Waals surface area (Å²) in [5, 5.41) is 1.26. The predicted octanol–water partition coefficient (Wildman–Crippen LogP) is 0.836. The van der Waals surface area contributed by atoms with Crippen LogP contribution in [0.4, 0.5) is 4.79 Å². The van der Waals surface area contributed by atoms with Crippen molar-refractivity contribution in [3.63, 3.8) is 0 Å². The largest absolute Gasteiger partial charge is 0.334 e. The van der Waals surface area contributed by atoms with Crippen molar-refractivity contribution in [2.45, 2.75) is 13.0 Å². The summed E-state index contributed by atoms with van der Waals surface area (Å²) in [5.41, 5.74) is 1.77. The van der Waals surface area contributed by atoms with Gasteiger partial charge < -0.3 is 9.30 Å². The molecule has 0 saturated carbocycles. The first-order chi connectivity index (χ1) is 8.74. The number of imidazole rings is 1. The molecule has 2 aromatic rings. The Morgan fingerprint density at radius 3 is 3.06 bits per heavy atom. The Bertz CT molecular complexity index is 546. The molecule has 3 heterocycles. The predicted molar refractivity (Wildman–Crippen MR) is 66.5 cm³/mol. The fraction of sp³-hybridized carbons (Fsp3) is 0.333. The first-order valence-corrected chi connectivity index (χ1v) is 5.98. The lowest BCUT2D eigenvalue weighted by atomic mass is 10.3. The number of carbonyl (C=O) groups is 1. The molecular formula is C12H15N5O. The maximum absolute atomic E-state index is 11.8. The number of fused-ring (bicyclic) bond motifs is 1. The van der Waals surface area contributed by atoms with Gasteiger partial charge in [-0.1, -0.05) is 6.07 Å². The lowest BCUT2D eigenvalue weighted by Crippen LogP contribution is -2.52. The monoisotopic (exact) mass is 245 g/mol. The molecule has 0 unspecified atom stereocenters. The summed E-state index contributed by atoms with van der Waals surface area (Å²) in [6, 6.07) is 5.71. The number of hydrazine groups is 1. The molecule has 0 radical (unpaired) electrons. The highest BCUT2D eigenvalue weighted by Crippen LogP contribution is 2.11. The quantitative estimate of drug-likeness (QED) is 0.629. The molecule has 3 rings (SSSR count). The van der Waals surface area contributed by atoms with Crippen LogP contribution >= 0.6 is 0 Å². The summed E-state index contributed by atoms with van der Waals surface area (Å²) < 4.78 is 1.95. The second-order valence-electron chi connectivity index (χ2n) is 4.45. The minimum absolute atomic E-state index is 0.127. The van der Waals surface area contributed by atoms with Crippen molar-refractivity contribution in [1.29, 1.82) is 0 Å². The molecular weight excluding hydrogens is 230 g/mol. The van der Waals surface area contributed by atoms with Gasteiger partial charge in [0.25, 0.3) is 0 Å². The van der Waals surface area contributed by atoms with Gasteiger partial charge >= 0.3 is 6.03 Å². The van der Waals surface area contributed by atoms with Crippen molar-refractivity contribution in [3.8, 4) is 0 Å². The molecule has 1 saturated heterocycles. The first kappa shape index (κ1) is 11.0. The maximum Gasteiger partial charge on any atom is 0.334 e. The van der Waals surface area contributed by atoms with E-state index in [4.69, 9.17) is 5.84 Å². The van der Waals surface area contributed by atoms with E-state index in [1.165, 1.54) is 5.01 Å². The number of hydrogen-bond acceptors (Lipinski definition) is 3. The number of carbonyl (C=O) groups excluding carboxylic acids is 1. The SMILES string of the molecule is NN1CCCN(Cc2cn3ccccc3n2)C1=O. The van der Waals surface area contributed by atoms with Crippen molar-refractivity contribution < 1.29 is 4.79 Å². The number of nitrogens with two attached hydrogens (primary N) is 1. The Hall–Kier alpha value is -2.08. The molecule has 0 atom stereocenters. The minimum atomic E-state index is -0.127. The van der Waals surface area contributed by atoms with E-state index in [1.807, 2.05) is 35.0 Å². The smallest absolute Gasteiger partial charge is 0.318 e. The molecule has 2 amide bonds. The van der Waals surface area contributed by atoms with Crippen LogP contribution in [0, 0.1) is 0 Å². The van der Waals surface area contributed by atoms with Gasteiger partial charge in [0.1, 0.15) is 5.65 Å². The summed E-state index contributed by atoms with van der Waals surface area (Å²) in [4.78, 5) is 18.0. The van der Waals surface area contributed by atoms with Gasteiger partial charge in [-0.3, -0.25) is 5.01 Å². The number of rotatable bonds is 2. The molecule has 6 heteroatoms. The third kappa shape index (κ3) is 1.91. The molecule has 2 N–H and O–H groups in total. The average Bonchev–Trinajstić information content (AvgIpc) is 2.77. The number of aromatic nitrogens is 2. The highest BCUT2D eigenvalue weighted by molar-refractivity contribution is 5.74. The van der Waals surface area contributed by atoms with Crippen LogP contribution in [0.5, 0.6) is 0 Å². The Labute approximate surface area is 105 Å². The van der Waals surface area contributed by atoms with Crippen molar-refractivity contribution in [2.24, 2.45) is 5.84 Å². The Kier molecular flexibility index (Phi) is 2.64. The minimum Gasteiger partial charge on any atom is -0.318 e. The third-order valence-electron chi connectivity index (χ3n) is 3.11. The standard InChI is InChI=1S/C12H15N5O/c13-17-7-3-6-16(12(17)18)9-10-8-15-5-2-1-4-11(15)14-10/h1-2,4-5,8H,3,6-7,9,13H2. The number of urea groups is 1. The number of nitrogens with zero attached hydrogens (tertiary/aromatic N) is 4. The van der Waals surface area contributed by atoms with E-state index in [2.05, 4.69) is 4.98 Å². The lowest BCUT2D eigenvalue weighted by molar-refractivity contribution is 0.126. The van der Waals surface area contributed by atoms with Crippen LogP contribution in [-0.2, 0) is 6.54 Å². The van der Waals surface area contributed by atoms with Gasteiger partial charge in [0, 0.05) is 25.5 Å². The zero-order valence-electron chi connectivity index (χ0n) is 9.99. The molecule has 0 bridgehead atoms. The van der Waals surface area contributed by atoms with E-state index >= 15 is 0 Å². The molecule has 1 fully saturated rings. The summed E-state index contributed by atoms with van der Waals surface area (Å²) in [7, 11) is 0. The van der Waals surface area contributed by atoms with Gasteiger partial charge in [0.2, 0.25) is 0 Å². The van der Waals surface area contributed by atoms with Crippen LogP contribution < -0.4 is 5.84 Å². The molecule has 0 spiro atoms. The summed E-state index contributed by atoms with van der Waals surface area (Å²) >= 11 is 0. The molecule has 2 aromatic heterocycles. The van der Waals surface area contributed by atoms with Crippen LogP contribution in [-0.4, -0.2) is 38.4 Å². The van der Waals surface area contributed by atoms with Gasteiger partial charge in [-0.2, -0.15) is 0 Å². The van der Waals surface area contributed by atoms with Gasteiger partial charge in [0.15, 0.2) is 0 Å². The van der Waals surface area contributed by atoms with E-state index in [9.17, 15) is 4.79 Å². The zero-order valence-corrected chi connectivity index (χ0v) is 9.99. The Balaban J connectivity index is 1.81. The van der Waals surface area contributed by atoms with E-state index in [0.29, 0.717) is 13.1 Å². The van der Waals surface area contributed by atoms with Crippen molar-refractivity contribution in [3.05, 3.63) is 36.3 Å². The molecule has 0 aromatic carbocycles. The molecule has 94 valence electrons. The topological polar surface area (TPSA) is 66.9 Å². The molecule has 6 nitrogen and oxygen atoms in total. The lowest BCUT2D eigenvalue weighted by Gasteiger charge is -2.32. The van der Waals surface area contributed by atoms with Gasteiger partial charge in [-0.05, 0) is 18.6 Å². The van der Waals surface area contributed by atoms with E-state index in [-0.39, 0.29) is 6.03 Å². The fourth-order valence-electron chi connectivity index (χ4n) is 2.21. The number of amides is 2. The van der Waals surface area contributed by atoms with Crippen LogP contribution in [0.25, 0.3) is 5.65 Å². The molecule has 18 heavy (non-hydrogen) atoms. The Morgan fingerprint density at radius 2 is 2.22 bits per heavy atom. The number of pyridine rings is 1. The fourth-order valence-corrected chi connectivity index (χ4v) is 2.21. The van der Waals surface area contributed by atoms with Crippen molar-refractivity contribution in [1.82, 2.24) is 19.3 Å². The van der Waals surface area contributed by atoms with Crippen LogP contribution in [0.15, 0.2) is 30.6 Å². The van der Waals surface area contributed by atoms with Crippen LogP contribution in [0.2, 0.25) is 0 Å². The van der Waals surface area contributed by atoms with Gasteiger partial charge in [-0.25, -0.2) is 15.6 Å². The normalized spacial score (nSPS) is 16.6. The second-order valence-corrected chi connectivity index (χ2v) is 4.45. The Morgan fingerprint density at radius 1 is 1.33 bits per heavy atom. The highest BCUT2D eigenvalue weighted by atomic mass is 16.2. The van der Waals surface area contributed by atoms with Crippen molar-refractivity contribution in [2.75, 3.05) is 13.1 Å². The van der Waals surface area contributed by atoms with Crippen molar-refractivity contribution >= 4 is 11.7 Å². The first-order valence-electron chi connectivity index (χ1n) is 5.98. The van der Waals surface area contributed by atoms with Gasteiger partial charge in [-0.15, -0.1) is 0 Å². The summed E-state index contributed by atoms with van der Waals surface area (Å²) in [5.74, 6) is 5.61. The van der Waals surface area contributed by atoms with E-state index in [1.54, 1.807) is 4.90 Å². The number of hydrogen-bond donors (Lipinski definition) is 1. The van der Waals surface area contributed by atoms with E-state index < -0.39 is 0 Å². The van der Waals surface area contributed by atoms with Crippen LogP contribution in [0.1, 0.15) is 12.1 Å². The highest BCUT2D eigenvalue weighted by Gasteiger charge is 2.23. The zero-order chi connectivity index (χ0) is 12.5. The third-order valence-corrected chi connectivity index (χ3v) is 3.11. The summed E-state index contributed by atoms with van der Waals surface area (Å²) in [6.07, 6.45) is 4.78. The maximum atomic E-state index is 11.8. The second kappa shape index (κ2) is 4.30. The molecule has 0 aliphatic carbocycles.